The molecule has 0 heterocycles. The van der Waals surface area contributed by atoms with Crippen LogP contribution in [0.3, 0.4) is 0 Å². The van der Waals surface area contributed by atoms with E-state index in [9.17, 15) is 25.2 Å². The molecule has 0 aromatic rings. The van der Waals surface area contributed by atoms with Gasteiger partial charge in [-0.05, 0) is 47.7 Å². The van der Waals surface area contributed by atoms with Gasteiger partial charge in [-0.2, -0.15) is 0 Å². The maximum Gasteiger partial charge on any atom is 0.153 e. The number of ketones is 1. The Kier molecular flexibility index (Phi) is 3.36. The lowest BCUT2D eigenvalue weighted by Crippen LogP contribution is -2.65. The Balaban J connectivity index is 1.99. The number of rotatable bonds is 1. The molecule has 8 atom stereocenters. The Morgan fingerprint density at radius 3 is 2.48 bits per heavy atom. The maximum atomic E-state index is 13.7. The van der Waals surface area contributed by atoms with Gasteiger partial charge in [0.1, 0.15) is 17.8 Å². The second-order valence-corrected chi connectivity index (χ2v) is 9.27. The third kappa shape index (κ3) is 1.71. The van der Waals surface area contributed by atoms with Gasteiger partial charge in [0.15, 0.2) is 5.78 Å². The minimum atomic E-state index is -2.03. The van der Waals surface area contributed by atoms with Crippen molar-refractivity contribution in [3.63, 3.8) is 0 Å². The lowest BCUT2D eigenvalue weighted by Gasteiger charge is -2.48. The van der Waals surface area contributed by atoms with Crippen LogP contribution in [0.15, 0.2) is 23.3 Å². The smallest absolute Gasteiger partial charge is 0.153 e. The molecule has 0 saturated heterocycles. The summed E-state index contributed by atoms with van der Waals surface area (Å²) in [5.74, 6) is -0.288. The van der Waals surface area contributed by atoms with Crippen molar-refractivity contribution in [1.29, 1.82) is 0 Å². The second kappa shape index (κ2) is 4.83. The molecule has 25 heavy (non-hydrogen) atoms. The number of hydrogen-bond acceptors (Lipinski definition) is 5. The number of carbonyl (C=O) groups is 1. The van der Waals surface area contributed by atoms with Crippen molar-refractivity contribution < 1.29 is 25.2 Å². The highest BCUT2D eigenvalue weighted by Crippen LogP contribution is 2.71. The van der Waals surface area contributed by atoms with Crippen LogP contribution in [0.4, 0.5) is 0 Å². The maximum absolute atomic E-state index is 13.7. The van der Waals surface area contributed by atoms with E-state index in [1.807, 2.05) is 6.92 Å². The predicted octanol–water partition coefficient (Wildman–Crippen LogP) is 0.815. The van der Waals surface area contributed by atoms with Crippen LogP contribution in [0.5, 0.6) is 0 Å². The van der Waals surface area contributed by atoms with E-state index in [0.29, 0.717) is 11.5 Å². The summed E-state index contributed by atoms with van der Waals surface area (Å²) in [6, 6.07) is 0. The van der Waals surface area contributed by atoms with Gasteiger partial charge in [-0.3, -0.25) is 4.79 Å². The summed E-state index contributed by atoms with van der Waals surface area (Å²) in [5, 5.41) is 43.0. The molecule has 0 amide bonds. The summed E-state index contributed by atoms with van der Waals surface area (Å²) in [6.07, 6.45) is 1.34. The Morgan fingerprint density at radius 1 is 1.24 bits per heavy atom. The average Bonchev–Trinajstić information content (AvgIpc) is 3.05. The molecule has 0 radical (unpaired) electrons. The van der Waals surface area contributed by atoms with Crippen LogP contribution in [0.1, 0.15) is 34.1 Å². The summed E-state index contributed by atoms with van der Waals surface area (Å²) in [6.45, 7) is 7.50. The van der Waals surface area contributed by atoms with Gasteiger partial charge in [0.25, 0.3) is 0 Å². The first-order valence-electron chi connectivity index (χ1n) is 9.18. The number of Topliss-reactive ketones (excluding diaryl/α,β-unsaturated/α-hetero) is 1. The predicted molar refractivity (Wildman–Crippen MR) is 91.4 cm³/mol. The van der Waals surface area contributed by atoms with E-state index in [1.165, 1.54) is 0 Å². The molecule has 5 nitrogen and oxygen atoms in total. The zero-order chi connectivity index (χ0) is 18.5. The quantitative estimate of drug-likeness (QED) is 0.526. The summed E-state index contributed by atoms with van der Waals surface area (Å²) < 4.78 is 0. The molecular formula is C20H28O5. The zero-order valence-electron chi connectivity index (χ0n) is 15.2. The average molecular weight is 348 g/mol. The van der Waals surface area contributed by atoms with Crippen molar-refractivity contribution in [2.75, 3.05) is 6.61 Å². The van der Waals surface area contributed by atoms with Crippen molar-refractivity contribution in [2.24, 2.45) is 34.5 Å². The number of carbonyl (C=O) groups excluding carboxylic acids is 1. The standard InChI is InChI=1S/C20H28O5/c1-9-7-19-10(2)5-13-14(18(13,3)4)12(17(19)24)6-11(8-21)16(23)20(19,25)15(9)22/h6-7,10,12-16,21-23,25H,5,8H2,1-4H3/t10-,12-,13-,14-,15+,16-,19-,20-/m1/s1. The molecule has 4 N–H and O–H groups in total. The molecule has 4 aliphatic carbocycles. The van der Waals surface area contributed by atoms with Gasteiger partial charge in [0.2, 0.25) is 0 Å². The number of hydrogen-bond donors (Lipinski definition) is 4. The normalized spacial score (nSPS) is 53.2. The van der Waals surface area contributed by atoms with Crippen LogP contribution in [-0.4, -0.2) is 50.6 Å². The summed E-state index contributed by atoms with van der Waals surface area (Å²) in [5.41, 5.74) is -2.58. The largest absolute Gasteiger partial charge is 0.392 e. The van der Waals surface area contributed by atoms with Gasteiger partial charge in [-0.1, -0.05) is 32.9 Å². The highest BCUT2D eigenvalue weighted by atomic mass is 16.4. The molecule has 4 rings (SSSR count). The minimum Gasteiger partial charge on any atom is -0.392 e. The number of aliphatic hydroxyl groups is 4. The molecule has 0 aliphatic heterocycles. The molecule has 1 spiro atoms. The Labute approximate surface area is 148 Å². The van der Waals surface area contributed by atoms with Gasteiger partial charge < -0.3 is 20.4 Å². The van der Waals surface area contributed by atoms with Crippen LogP contribution in [0.2, 0.25) is 0 Å². The summed E-state index contributed by atoms with van der Waals surface area (Å²) in [7, 11) is 0. The Morgan fingerprint density at radius 2 is 1.88 bits per heavy atom. The molecule has 4 aliphatic rings. The topological polar surface area (TPSA) is 98.0 Å². The fourth-order valence-corrected chi connectivity index (χ4v) is 6.43. The first-order valence-corrected chi connectivity index (χ1v) is 9.18. The van der Waals surface area contributed by atoms with E-state index in [1.54, 1.807) is 19.1 Å². The molecular weight excluding hydrogens is 320 g/mol. The molecule has 0 aromatic carbocycles. The number of allylic oxidation sites excluding steroid dienone is 1. The molecule has 138 valence electrons. The lowest BCUT2D eigenvalue weighted by molar-refractivity contribution is -0.190. The van der Waals surface area contributed by atoms with Crippen molar-refractivity contribution in [3.05, 3.63) is 23.3 Å². The Hall–Kier alpha value is -1.01. The molecule has 2 bridgehead atoms. The SMILES string of the molecule is CC1=C[C@@]23C(=O)[C@H](C=C(CO)[C@@H](O)[C@]2(O)[C@H]1O)[C@@H]1[C@@H](C[C@H]3C)C1(C)C. The number of fused-ring (bicyclic) bond motifs is 3. The lowest BCUT2D eigenvalue weighted by atomic mass is 9.59. The van der Waals surface area contributed by atoms with Gasteiger partial charge in [0, 0.05) is 5.92 Å². The molecule has 0 aromatic heterocycles. The monoisotopic (exact) mass is 348 g/mol. The van der Waals surface area contributed by atoms with E-state index in [0.717, 1.165) is 6.42 Å². The van der Waals surface area contributed by atoms with Crippen molar-refractivity contribution >= 4 is 5.78 Å². The molecule has 5 heteroatoms. The highest BCUT2D eigenvalue weighted by molar-refractivity contribution is 5.95. The first kappa shape index (κ1) is 17.4. The second-order valence-electron chi connectivity index (χ2n) is 9.27. The van der Waals surface area contributed by atoms with Crippen molar-refractivity contribution in [3.8, 4) is 0 Å². The minimum absolute atomic E-state index is 0.0245. The van der Waals surface area contributed by atoms with Crippen molar-refractivity contribution in [1.82, 2.24) is 0 Å². The number of aliphatic hydroxyl groups excluding tert-OH is 3. The fraction of sp³-hybridized carbons (Fsp3) is 0.750. The molecule has 2 saturated carbocycles. The highest BCUT2D eigenvalue weighted by Gasteiger charge is 2.75. The Bertz CT molecular complexity index is 707. The van der Waals surface area contributed by atoms with E-state index in [2.05, 4.69) is 13.8 Å². The van der Waals surface area contributed by atoms with E-state index >= 15 is 0 Å². The molecule has 0 unspecified atom stereocenters. The fourth-order valence-electron chi connectivity index (χ4n) is 6.43. The van der Waals surface area contributed by atoms with E-state index < -0.39 is 35.7 Å². The van der Waals surface area contributed by atoms with Crippen molar-refractivity contribution in [2.45, 2.75) is 51.9 Å². The van der Waals surface area contributed by atoms with Crippen LogP contribution in [-0.2, 0) is 4.79 Å². The zero-order valence-corrected chi connectivity index (χ0v) is 15.2. The third-order valence-corrected chi connectivity index (χ3v) is 7.93. The van der Waals surface area contributed by atoms with Crippen LogP contribution in [0, 0.1) is 34.5 Å². The first-order chi connectivity index (χ1) is 11.5. The van der Waals surface area contributed by atoms with Gasteiger partial charge in [0.05, 0.1) is 12.0 Å². The van der Waals surface area contributed by atoms with Crippen LogP contribution < -0.4 is 0 Å². The van der Waals surface area contributed by atoms with Crippen LogP contribution in [0.25, 0.3) is 0 Å². The van der Waals surface area contributed by atoms with E-state index in [-0.39, 0.29) is 28.6 Å². The summed E-state index contributed by atoms with van der Waals surface area (Å²) in [4.78, 5) is 13.7. The third-order valence-electron chi connectivity index (χ3n) is 7.93. The van der Waals surface area contributed by atoms with Crippen LogP contribution >= 0.6 is 0 Å². The van der Waals surface area contributed by atoms with E-state index in [4.69, 9.17) is 0 Å². The van der Waals surface area contributed by atoms with Gasteiger partial charge >= 0.3 is 0 Å². The van der Waals surface area contributed by atoms with Gasteiger partial charge in [-0.25, -0.2) is 0 Å². The summed E-state index contributed by atoms with van der Waals surface area (Å²) >= 11 is 0. The molecule has 2 fully saturated rings. The van der Waals surface area contributed by atoms with Gasteiger partial charge in [-0.15, -0.1) is 0 Å².